The van der Waals surface area contributed by atoms with Crippen molar-refractivity contribution >= 4 is 33.7 Å². The van der Waals surface area contributed by atoms with Gasteiger partial charge in [0.2, 0.25) is 10.0 Å². The maximum atomic E-state index is 12.7. The van der Waals surface area contributed by atoms with E-state index in [-0.39, 0.29) is 10.5 Å². The van der Waals surface area contributed by atoms with E-state index in [0.29, 0.717) is 25.3 Å². The van der Waals surface area contributed by atoms with Gasteiger partial charge in [-0.3, -0.25) is 4.79 Å². The van der Waals surface area contributed by atoms with Crippen LogP contribution in [-0.2, 0) is 14.8 Å². The third-order valence-corrected chi connectivity index (χ3v) is 6.80. The molecular weight excluding hydrogens is 376 g/mol. The third-order valence-electron chi connectivity index (χ3n) is 4.26. The second-order valence-electron chi connectivity index (χ2n) is 6.14. The number of thioether (sulfide) groups is 1. The zero-order chi connectivity index (χ0) is 19.2. The first-order valence-electron chi connectivity index (χ1n) is 8.49. The predicted molar refractivity (Wildman–Crippen MR) is 101 cm³/mol. The number of piperidine rings is 1. The van der Waals surface area contributed by atoms with E-state index in [9.17, 15) is 23.1 Å². The van der Waals surface area contributed by atoms with E-state index < -0.39 is 27.9 Å². The molecule has 2 N–H and O–H groups in total. The fraction of sp³-hybridized carbons (Fsp3) is 0.529. The van der Waals surface area contributed by atoms with Crippen LogP contribution in [0.3, 0.4) is 0 Å². The average Bonchev–Trinajstić information content (AvgIpc) is 2.65. The van der Waals surface area contributed by atoms with Crippen molar-refractivity contribution in [3.05, 3.63) is 29.8 Å². The number of nitrogens with zero attached hydrogens (tertiary/aromatic N) is 1. The maximum absolute atomic E-state index is 12.7. The molecule has 0 spiro atoms. The number of carbonyl (C=O) groups excluding carboxylic acids is 1. The average molecular weight is 401 g/mol. The SMILES string of the molecule is CSCC[C@@H](NC(=O)c1cccc(S(=O)(=O)N2CCCCC2)c1)C(=O)O. The topological polar surface area (TPSA) is 104 Å². The van der Waals surface area contributed by atoms with Gasteiger partial charge < -0.3 is 10.4 Å². The fourth-order valence-corrected chi connectivity index (χ4v) is 4.82. The first-order chi connectivity index (χ1) is 12.4. The molecule has 0 saturated carbocycles. The Morgan fingerprint density at radius 3 is 2.58 bits per heavy atom. The van der Waals surface area contributed by atoms with Gasteiger partial charge in [-0.1, -0.05) is 12.5 Å². The molecule has 9 heteroatoms. The number of aliphatic carboxylic acids is 1. The Hall–Kier alpha value is -1.58. The summed E-state index contributed by atoms with van der Waals surface area (Å²) in [5, 5.41) is 11.7. The molecule has 1 atom stereocenters. The van der Waals surface area contributed by atoms with Crippen molar-refractivity contribution in [2.45, 2.75) is 36.6 Å². The van der Waals surface area contributed by atoms with E-state index in [1.165, 1.54) is 40.3 Å². The first kappa shape index (κ1) is 20.7. The standard InChI is InChI=1S/C17H24N2O5S2/c1-25-11-8-15(17(21)22)18-16(20)13-6-5-7-14(12-13)26(23,24)19-9-3-2-4-10-19/h5-7,12,15H,2-4,8-11H2,1H3,(H,18,20)(H,21,22)/t15-/m1/s1. The summed E-state index contributed by atoms with van der Waals surface area (Å²) in [6.45, 7) is 0.961. The number of rotatable bonds is 8. The summed E-state index contributed by atoms with van der Waals surface area (Å²) in [5.41, 5.74) is 0.137. The molecule has 1 aromatic rings. The van der Waals surface area contributed by atoms with Crippen molar-refractivity contribution < 1.29 is 23.1 Å². The van der Waals surface area contributed by atoms with Crippen LogP contribution in [0.1, 0.15) is 36.0 Å². The lowest BCUT2D eigenvalue weighted by Gasteiger charge is -2.26. The second-order valence-corrected chi connectivity index (χ2v) is 9.06. The van der Waals surface area contributed by atoms with Crippen LogP contribution in [0.15, 0.2) is 29.2 Å². The zero-order valence-electron chi connectivity index (χ0n) is 14.7. The van der Waals surface area contributed by atoms with Gasteiger partial charge in [-0.15, -0.1) is 0 Å². The Bertz CT molecular complexity index is 745. The summed E-state index contributed by atoms with van der Waals surface area (Å²) in [6.07, 6.45) is 4.83. The number of nitrogens with one attached hydrogen (secondary N) is 1. The molecule has 1 aromatic carbocycles. The number of hydrogen-bond donors (Lipinski definition) is 2. The quantitative estimate of drug-likeness (QED) is 0.690. The lowest BCUT2D eigenvalue weighted by molar-refractivity contribution is -0.139. The lowest BCUT2D eigenvalue weighted by Crippen LogP contribution is -2.41. The zero-order valence-corrected chi connectivity index (χ0v) is 16.3. The molecule has 1 heterocycles. The minimum atomic E-state index is -3.64. The fourth-order valence-electron chi connectivity index (χ4n) is 2.79. The lowest BCUT2D eigenvalue weighted by atomic mass is 10.1. The second kappa shape index (κ2) is 9.38. The molecule has 0 aliphatic carbocycles. The Morgan fingerprint density at radius 1 is 1.27 bits per heavy atom. The minimum absolute atomic E-state index is 0.0584. The van der Waals surface area contributed by atoms with Crippen LogP contribution in [-0.4, -0.2) is 60.8 Å². The molecule has 0 unspecified atom stereocenters. The molecule has 26 heavy (non-hydrogen) atoms. The monoisotopic (exact) mass is 400 g/mol. The van der Waals surface area contributed by atoms with Crippen LogP contribution in [0, 0.1) is 0 Å². The number of carboxylic acids is 1. The Labute approximate surface area is 158 Å². The van der Waals surface area contributed by atoms with Gasteiger partial charge in [0.05, 0.1) is 4.90 Å². The smallest absolute Gasteiger partial charge is 0.326 e. The maximum Gasteiger partial charge on any atom is 0.326 e. The molecule has 2 rings (SSSR count). The van der Waals surface area contributed by atoms with Gasteiger partial charge in [0, 0.05) is 18.7 Å². The number of carboxylic acid groups (broad SMARTS) is 1. The van der Waals surface area contributed by atoms with Gasteiger partial charge in [-0.05, 0) is 49.5 Å². The predicted octanol–water partition coefficient (Wildman–Crippen LogP) is 1.80. The molecule has 1 aliphatic heterocycles. The number of hydrogen-bond acceptors (Lipinski definition) is 5. The molecule has 1 saturated heterocycles. The van der Waals surface area contributed by atoms with Crippen molar-refractivity contribution in [3.8, 4) is 0 Å². The van der Waals surface area contributed by atoms with Crippen molar-refractivity contribution in [3.63, 3.8) is 0 Å². The summed E-state index contributed by atoms with van der Waals surface area (Å²) in [7, 11) is -3.64. The molecular formula is C17H24N2O5S2. The van der Waals surface area contributed by atoms with Crippen molar-refractivity contribution in [1.29, 1.82) is 0 Å². The van der Waals surface area contributed by atoms with Crippen molar-refractivity contribution in [1.82, 2.24) is 9.62 Å². The Morgan fingerprint density at radius 2 is 1.96 bits per heavy atom. The van der Waals surface area contributed by atoms with Crippen molar-refractivity contribution in [2.75, 3.05) is 25.1 Å². The van der Waals surface area contributed by atoms with E-state index in [1.807, 2.05) is 6.26 Å². The molecule has 7 nitrogen and oxygen atoms in total. The highest BCUT2D eigenvalue weighted by Crippen LogP contribution is 2.21. The molecule has 1 amide bonds. The van der Waals surface area contributed by atoms with E-state index in [2.05, 4.69) is 5.32 Å². The van der Waals surface area contributed by atoms with Gasteiger partial charge in [-0.25, -0.2) is 13.2 Å². The minimum Gasteiger partial charge on any atom is -0.480 e. The third kappa shape index (κ3) is 5.21. The van der Waals surface area contributed by atoms with Crippen LogP contribution in [0.2, 0.25) is 0 Å². The molecule has 0 bridgehead atoms. The largest absolute Gasteiger partial charge is 0.480 e. The van der Waals surface area contributed by atoms with E-state index in [1.54, 1.807) is 0 Å². The highest BCUT2D eigenvalue weighted by molar-refractivity contribution is 7.98. The highest BCUT2D eigenvalue weighted by atomic mass is 32.2. The van der Waals surface area contributed by atoms with Crippen molar-refractivity contribution in [2.24, 2.45) is 0 Å². The van der Waals surface area contributed by atoms with Crippen LogP contribution in [0.5, 0.6) is 0 Å². The summed E-state index contributed by atoms with van der Waals surface area (Å²) in [6, 6.07) is 4.76. The van der Waals surface area contributed by atoms with Crippen LogP contribution >= 0.6 is 11.8 Å². The Kier molecular flexibility index (Phi) is 7.48. The molecule has 0 aromatic heterocycles. The summed E-state index contributed by atoms with van der Waals surface area (Å²) >= 11 is 1.49. The van der Waals surface area contributed by atoms with E-state index in [0.717, 1.165) is 19.3 Å². The number of carbonyl (C=O) groups is 2. The number of amides is 1. The molecule has 144 valence electrons. The summed E-state index contributed by atoms with van der Waals surface area (Å²) < 4.78 is 26.9. The van der Waals surface area contributed by atoms with Gasteiger partial charge in [0.25, 0.3) is 5.91 Å². The number of benzene rings is 1. The molecule has 1 aliphatic rings. The van der Waals surface area contributed by atoms with E-state index in [4.69, 9.17) is 0 Å². The van der Waals surface area contributed by atoms with Gasteiger partial charge in [0.1, 0.15) is 6.04 Å². The summed E-state index contributed by atoms with van der Waals surface area (Å²) in [5.74, 6) is -1.10. The highest BCUT2D eigenvalue weighted by Gasteiger charge is 2.27. The summed E-state index contributed by atoms with van der Waals surface area (Å²) in [4.78, 5) is 23.7. The normalized spacial score (nSPS) is 16.8. The molecule has 0 radical (unpaired) electrons. The van der Waals surface area contributed by atoms with Crippen LogP contribution < -0.4 is 5.32 Å². The van der Waals surface area contributed by atoms with Gasteiger partial charge in [-0.2, -0.15) is 16.1 Å². The first-order valence-corrected chi connectivity index (χ1v) is 11.3. The Balaban J connectivity index is 2.17. The van der Waals surface area contributed by atoms with Gasteiger partial charge in [0.15, 0.2) is 0 Å². The van der Waals surface area contributed by atoms with E-state index >= 15 is 0 Å². The van der Waals surface area contributed by atoms with Crippen LogP contribution in [0.4, 0.5) is 0 Å². The van der Waals surface area contributed by atoms with Gasteiger partial charge >= 0.3 is 5.97 Å². The number of sulfonamides is 1. The van der Waals surface area contributed by atoms with Crippen LogP contribution in [0.25, 0.3) is 0 Å². The molecule has 1 fully saturated rings.